The first-order valence-corrected chi connectivity index (χ1v) is 14.3. The number of nitrogens with two attached hydrogens (primary N) is 1. The molecule has 3 aromatic rings. The number of hydrogen-bond donors (Lipinski definition) is 1. The first-order valence-electron chi connectivity index (χ1n) is 12.4. The number of nitrogens with zero attached hydrogens (tertiary/aromatic N) is 3. The molecule has 7 heteroatoms. The van der Waals surface area contributed by atoms with E-state index in [-0.39, 0.29) is 6.10 Å². The minimum absolute atomic E-state index is 0.0413. The van der Waals surface area contributed by atoms with Gasteiger partial charge in [-0.05, 0) is 93.9 Å². The van der Waals surface area contributed by atoms with E-state index in [1.165, 1.54) is 78.8 Å². The number of hydrogen-bond acceptors (Lipinski definition) is 7. The molecule has 1 aliphatic heterocycles. The standard InChI is InChI=1S/C22H20N2OS.C6H14N2S/c1-14(2)25-20-10-9-16(11-17(20)12-23)22-24-13-21(26-22)19-8-4-6-15-5-3-7-18(15)19;7-9-6-5-8-3-1-2-4-8/h4,6,8-11,13-14H,3,5,7H2,1-2H3;1-7H2. The van der Waals surface area contributed by atoms with Gasteiger partial charge in [0.1, 0.15) is 16.8 Å². The molecule has 2 aliphatic rings. The Hall–Kier alpha value is -2.37. The largest absolute Gasteiger partial charge is 0.490 e. The number of ether oxygens (including phenoxy) is 1. The topological polar surface area (TPSA) is 75.2 Å². The van der Waals surface area contributed by atoms with E-state index in [4.69, 9.17) is 9.88 Å². The Kier molecular flexibility index (Phi) is 9.22. The summed E-state index contributed by atoms with van der Waals surface area (Å²) in [6, 6.07) is 14.5. The van der Waals surface area contributed by atoms with E-state index < -0.39 is 0 Å². The Morgan fingerprint density at radius 3 is 2.74 bits per heavy atom. The fraction of sp³-hybridized carbons (Fsp3) is 0.429. The smallest absolute Gasteiger partial charge is 0.137 e. The summed E-state index contributed by atoms with van der Waals surface area (Å²) in [4.78, 5) is 8.29. The van der Waals surface area contributed by atoms with Crippen LogP contribution in [0.5, 0.6) is 5.75 Å². The molecule has 1 saturated heterocycles. The SMILES string of the molecule is CC(C)Oc1ccc(-c2ncc(-c3cccc4c3CCC4)s2)cc1C#N.NSCCN1CCCC1. The molecule has 0 radical (unpaired) electrons. The summed E-state index contributed by atoms with van der Waals surface area (Å²) in [5.41, 5.74) is 5.76. The van der Waals surface area contributed by atoms with E-state index in [0.29, 0.717) is 11.3 Å². The van der Waals surface area contributed by atoms with Crippen LogP contribution in [0.1, 0.15) is 49.8 Å². The molecule has 5 rings (SSSR count). The van der Waals surface area contributed by atoms with Crippen molar-refractivity contribution in [1.82, 2.24) is 9.88 Å². The van der Waals surface area contributed by atoms with Gasteiger partial charge in [0.2, 0.25) is 0 Å². The highest BCUT2D eigenvalue weighted by Gasteiger charge is 2.18. The van der Waals surface area contributed by atoms with Crippen LogP contribution in [-0.2, 0) is 12.8 Å². The van der Waals surface area contributed by atoms with Crippen molar-refractivity contribution in [2.75, 3.05) is 25.4 Å². The van der Waals surface area contributed by atoms with E-state index in [2.05, 4.69) is 34.2 Å². The molecular formula is C28H34N4OS2. The molecule has 1 aliphatic carbocycles. The molecule has 2 N–H and O–H groups in total. The van der Waals surface area contributed by atoms with Crippen LogP contribution in [0.25, 0.3) is 21.0 Å². The summed E-state index contributed by atoms with van der Waals surface area (Å²) >= 11 is 3.13. The van der Waals surface area contributed by atoms with Gasteiger partial charge in [-0.1, -0.05) is 30.1 Å². The summed E-state index contributed by atoms with van der Waals surface area (Å²) in [5, 5.41) is 15.7. The average Bonchev–Trinajstić information content (AvgIpc) is 3.64. The van der Waals surface area contributed by atoms with Gasteiger partial charge in [-0.25, -0.2) is 4.98 Å². The third-order valence-corrected chi connectivity index (χ3v) is 7.85. The van der Waals surface area contributed by atoms with Crippen molar-refractivity contribution >= 4 is 23.3 Å². The number of thiazole rings is 1. The Labute approximate surface area is 217 Å². The van der Waals surface area contributed by atoms with Gasteiger partial charge in [-0.2, -0.15) is 5.26 Å². The number of fused-ring (bicyclic) bond motifs is 1. The molecule has 1 fully saturated rings. The van der Waals surface area contributed by atoms with Crippen LogP contribution < -0.4 is 9.88 Å². The third kappa shape index (κ3) is 6.65. The summed E-state index contributed by atoms with van der Waals surface area (Å²) in [6.45, 7) is 7.68. The summed E-state index contributed by atoms with van der Waals surface area (Å²) in [6.07, 6.45) is 8.33. The highest BCUT2D eigenvalue weighted by atomic mass is 32.2. The second-order valence-corrected chi connectivity index (χ2v) is 11.0. The second-order valence-electron chi connectivity index (χ2n) is 9.24. The minimum atomic E-state index is 0.0413. The Morgan fingerprint density at radius 2 is 2.00 bits per heavy atom. The van der Waals surface area contributed by atoms with Crippen LogP contribution in [0.3, 0.4) is 0 Å². The second kappa shape index (κ2) is 12.5. The van der Waals surface area contributed by atoms with E-state index in [1.54, 1.807) is 11.3 Å². The first-order chi connectivity index (χ1) is 17.1. The maximum Gasteiger partial charge on any atom is 0.137 e. The molecule has 0 bridgehead atoms. The maximum absolute atomic E-state index is 9.44. The molecule has 35 heavy (non-hydrogen) atoms. The minimum Gasteiger partial charge on any atom is -0.490 e. The average molecular weight is 507 g/mol. The van der Waals surface area contributed by atoms with E-state index >= 15 is 0 Å². The predicted octanol–water partition coefficient (Wildman–Crippen LogP) is 6.31. The van der Waals surface area contributed by atoms with Crippen molar-refractivity contribution in [2.24, 2.45) is 5.14 Å². The molecule has 0 saturated carbocycles. The van der Waals surface area contributed by atoms with E-state index in [1.807, 2.05) is 38.2 Å². The van der Waals surface area contributed by atoms with Gasteiger partial charge in [0.05, 0.1) is 16.5 Å². The quantitative estimate of drug-likeness (QED) is 0.378. The van der Waals surface area contributed by atoms with Gasteiger partial charge < -0.3 is 9.64 Å². The zero-order chi connectivity index (χ0) is 24.6. The van der Waals surface area contributed by atoms with E-state index in [0.717, 1.165) is 22.7 Å². The van der Waals surface area contributed by atoms with Crippen molar-refractivity contribution in [2.45, 2.75) is 52.1 Å². The molecule has 0 atom stereocenters. The van der Waals surface area contributed by atoms with Crippen molar-refractivity contribution in [3.63, 3.8) is 0 Å². The molecule has 0 spiro atoms. The maximum atomic E-state index is 9.44. The first kappa shape index (κ1) is 25.7. The highest BCUT2D eigenvalue weighted by Crippen LogP contribution is 2.38. The van der Waals surface area contributed by atoms with Gasteiger partial charge in [-0.3, -0.25) is 5.14 Å². The van der Waals surface area contributed by atoms with Crippen LogP contribution in [0, 0.1) is 11.3 Å². The fourth-order valence-electron chi connectivity index (χ4n) is 4.68. The molecule has 5 nitrogen and oxygen atoms in total. The Morgan fingerprint density at radius 1 is 1.17 bits per heavy atom. The lowest BCUT2D eigenvalue weighted by Gasteiger charge is -2.11. The zero-order valence-electron chi connectivity index (χ0n) is 20.6. The van der Waals surface area contributed by atoms with Crippen molar-refractivity contribution in [1.29, 1.82) is 5.26 Å². The van der Waals surface area contributed by atoms with E-state index in [9.17, 15) is 5.26 Å². The lowest BCUT2D eigenvalue weighted by molar-refractivity contribution is 0.242. The number of likely N-dealkylation sites (tertiary alicyclic amines) is 1. The highest BCUT2D eigenvalue weighted by molar-refractivity contribution is 7.97. The number of aromatic nitrogens is 1. The molecule has 2 heterocycles. The summed E-state index contributed by atoms with van der Waals surface area (Å²) in [7, 11) is 0. The van der Waals surface area contributed by atoms with Crippen LogP contribution in [0.4, 0.5) is 0 Å². The monoisotopic (exact) mass is 506 g/mol. The number of nitriles is 1. The van der Waals surface area contributed by atoms with Gasteiger partial charge in [0, 0.05) is 24.1 Å². The van der Waals surface area contributed by atoms with Gasteiger partial charge in [0.25, 0.3) is 0 Å². The molecule has 1 aromatic heterocycles. The summed E-state index contributed by atoms with van der Waals surface area (Å²) < 4.78 is 5.71. The summed E-state index contributed by atoms with van der Waals surface area (Å²) in [5.74, 6) is 1.71. The Balaban J connectivity index is 0.000000271. The van der Waals surface area contributed by atoms with Crippen LogP contribution in [0.15, 0.2) is 42.6 Å². The predicted molar refractivity (Wildman–Crippen MR) is 148 cm³/mol. The lowest BCUT2D eigenvalue weighted by Crippen LogP contribution is -2.22. The van der Waals surface area contributed by atoms with Crippen molar-refractivity contribution in [3.8, 4) is 32.8 Å². The van der Waals surface area contributed by atoms with Crippen molar-refractivity contribution < 1.29 is 4.74 Å². The van der Waals surface area contributed by atoms with Crippen LogP contribution in [0.2, 0.25) is 0 Å². The van der Waals surface area contributed by atoms with Gasteiger partial charge in [-0.15, -0.1) is 11.3 Å². The van der Waals surface area contributed by atoms with Crippen LogP contribution in [-0.4, -0.2) is 41.4 Å². The molecule has 2 aromatic carbocycles. The number of benzene rings is 2. The van der Waals surface area contributed by atoms with Gasteiger partial charge in [0.15, 0.2) is 0 Å². The molecule has 0 amide bonds. The molecule has 184 valence electrons. The fourth-order valence-corrected chi connectivity index (χ4v) is 6.01. The lowest BCUT2D eigenvalue weighted by atomic mass is 10.0. The number of aryl methyl sites for hydroxylation is 1. The van der Waals surface area contributed by atoms with Gasteiger partial charge >= 0.3 is 0 Å². The van der Waals surface area contributed by atoms with Crippen molar-refractivity contribution in [3.05, 3.63) is 59.3 Å². The zero-order valence-corrected chi connectivity index (χ0v) is 22.3. The van der Waals surface area contributed by atoms with Crippen LogP contribution >= 0.6 is 23.3 Å². The normalized spacial score (nSPS) is 14.9. The molecule has 0 unspecified atom stereocenters. The Bertz CT molecular complexity index is 1160. The molecular weight excluding hydrogens is 472 g/mol. The number of rotatable bonds is 7. The third-order valence-electron chi connectivity index (χ3n) is 6.35.